The summed E-state index contributed by atoms with van der Waals surface area (Å²) < 4.78 is 21.7. The molecule has 1 unspecified atom stereocenters. The minimum absolute atomic E-state index is 0.216. The molecule has 1 fully saturated rings. The number of aromatic nitrogens is 3. The van der Waals surface area contributed by atoms with Gasteiger partial charge in [0.05, 0.1) is 18.7 Å². The SMILES string of the molecule is COc1ccc(C2Nc3ccccc3-c3ncnn4c(C5CC5)cc2c34)cc1F. The molecule has 29 heavy (non-hydrogen) atoms. The van der Waals surface area contributed by atoms with Gasteiger partial charge in [-0.05, 0) is 42.7 Å². The van der Waals surface area contributed by atoms with E-state index in [1.54, 1.807) is 18.5 Å². The van der Waals surface area contributed by atoms with E-state index in [9.17, 15) is 4.39 Å². The summed E-state index contributed by atoms with van der Waals surface area (Å²) >= 11 is 0. The fraction of sp³-hybridized carbons (Fsp3) is 0.217. The van der Waals surface area contributed by atoms with Crippen LogP contribution in [0.1, 0.15) is 41.6 Å². The molecule has 1 saturated carbocycles. The molecule has 1 atom stereocenters. The van der Waals surface area contributed by atoms with Gasteiger partial charge in [-0.2, -0.15) is 5.10 Å². The monoisotopic (exact) mass is 386 g/mol. The van der Waals surface area contributed by atoms with Crippen molar-refractivity contribution in [2.45, 2.75) is 24.8 Å². The molecule has 2 aromatic carbocycles. The summed E-state index contributed by atoms with van der Waals surface area (Å²) in [4.78, 5) is 4.64. The molecule has 1 aliphatic heterocycles. The van der Waals surface area contributed by atoms with Gasteiger partial charge in [-0.3, -0.25) is 0 Å². The number of anilines is 1. The molecule has 6 heteroatoms. The number of benzene rings is 2. The number of hydrogen-bond donors (Lipinski definition) is 1. The predicted molar refractivity (Wildman–Crippen MR) is 109 cm³/mol. The molecular formula is C23H19FN4O. The van der Waals surface area contributed by atoms with Gasteiger partial charge < -0.3 is 10.1 Å². The Hall–Kier alpha value is -3.41. The highest BCUT2D eigenvalue weighted by molar-refractivity contribution is 5.90. The summed E-state index contributed by atoms with van der Waals surface area (Å²) in [6.07, 6.45) is 3.98. The number of rotatable bonds is 3. The predicted octanol–water partition coefficient (Wildman–Crippen LogP) is 4.94. The molecule has 0 bridgehead atoms. The van der Waals surface area contributed by atoms with Gasteiger partial charge in [-0.1, -0.05) is 24.3 Å². The first-order valence-corrected chi connectivity index (χ1v) is 9.80. The lowest BCUT2D eigenvalue weighted by molar-refractivity contribution is 0.386. The minimum atomic E-state index is -0.369. The zero-order valence-electron chi connectivity index (χ0n) is 15.9. The molecule has 0 spiro atoms. The van der Waals surface area contributed by atoms with Crippen LogP contribution in [0.15, 0.2) is 54.9 Å². The van der Waals surface area contributed by atoms with Gasteiger partial charge in [0, 0.05) is 28.4 Å². The summed E-state index contributed by atoms with van der Waals surface area (Å²) in [5.74, 6) is 0.404. The highest BCUT2D eigenvalue weighted by Crippen LogP contribution is 2.47. The molecule has 2 aromatic heterocycles. The molecule has 3 heterocycles. The van der Waals surface area contributed by atoms with Crippen LogP contribution in [0.4, 0.5) is 10.1 Å². The van der Waals surface area contributed by atoms with Crippen LogP contribution >= 0.6 is 0 Å². The lowest BCUT2D eigenvalue weighted by atomic mass is 9.99. The normalized spacial score (nSPS) is 17.5. The van der Waals surface area contributed by atoms with Gasteiger partial charge in [0.2, 0.25) is 0 Å². The van der Waals surface area contributed by atoms with Gasteiger partial charge in [0.1, 0.15) is 12.0 Å². The third kappa shape index (κ3) is 2.45. The van der Waals surface area contributed by atoms with Gasteiger partial charge in [0.25, 0.3) is 0 Å². The third-order valence-corrected chi connectivity index (χ3v) is 5.91. The summed E-state index contributed by atoms with van der Waals surface area (Å²) in [6.45, 7) is 0. The molecule has 1 aliphatic carbocycles. The van der Waals surface area contributed by atoms with Crippen LogP contribution < -0.4 is 10.1 Å². The average Bonchev–Trinajstić information content (AvgIpc) is 3.53. The van der Waals surface area contributed by atoms with E-state index in [0.717, 1.165) is 33.6 Å². The van der Waals surface area contributed by atoms with Crippen LogP contribution in [-0.4, -0.2) is 21.7 Å². The fourth-order valence-corrected chi connectivity index (χ4v) is 4.36. The van der Waals surface area contributed by atoms with Crippen molar-refractivity contribution in [3.63, 3.8) is 0 Å². The van der Waals surface area contributed by atoms with Crippen LogP contribution in [0.5, 0.6) is 5.75 Å². The second kappa shape index (κ2) is 6.04. The Morgan fingerprint density at radius 3 is 2.79 bits per heavy atom. The van der Waals surface area contributed by atoms with E-state index in [1.807, 2.05) is 28.8 Å². The lowest BCUT2D eigenvalue weighted by Crippen LogP contribution is -2.12. The van der Waals surface area contributed by atoms with Gasteiger partial charge in [-0.25, -0.2) is 13.9 Å². The third-order valence-electron chi connectivity index (χ3n) is 5.91. The second-order valence-electron chi connectivity index (χ2n) is 7.68. The summed E-state index contributed by atoms with van der Waals surface area (Å²) in [6, 6.07) is 15.3. The number of hydrogen-bond acceptors (Lipinski definition) is 4. The molecule has 0 saturated heterocycles. The van der Waals surface area contributed by atoms with Crippen molar-refractivity contribution in [1.29, 1.82) is 0 Å². The number of nitrogens with one attached hydrogen (secondary N) is 1. The average molecular weight is 386 g/mol. The van der Waals surface area contributed by atoms with E-state index in [1.165, 1.54) is 25.6 Å². The Morgan fingerprint density at radius 1 is 1.14 bits per heavy atom. The first kappa shape index (κ1) is 16.5. The lowest BCUT2D eigenvalue weighted by Gasteiger charge is -2.20. The van der Waals surface area contributed by atoms with Crippen molar-refractivity contribution in [3.8, 4) is 17.0 Å². The highest BCUT2D eigenvalue weighted by atomic mass is 19.1. The maximum absolute atomic E-state index is 14.6. The summed E-state index contributed by atoms with van der Waals surface area (Å²) in [5, 5.41) is 8.21. The maximum atomic E-state index is 14.6. The minimum Gasteiger partial charge on any atom is -0.494 e. The molecule has 0 radical (unpaired) electrons. The number of halogens is 1. The van der Waals surface area contributed by atoms with Crippen LogP contribution in [0.3, 0.4) is 0 Å². The molecule has 2 aliphatic rings. The highest BCUT2D eigenvalue weighted by Gasteiger charge is 2.33. The Kier molecular flexibility index (Phi) is 3.45. The maximum Gasteiger partial charge on any atom is 0.165 e. The Balaban J connectivity index is 1.65. The van der Waals surface area contributed by atoms with Crippen LogP contribution in [-0.2, 0) is 0 Å². The van der Waals surface area contributed by atoms with Gasteiger partial charge in [0.15, 0.2) is 11.6 Å². The standard InChI is InChI=1S/C23H19FN4O/c1-29-20-9-8-14(10-17(20)24)21-16-11-19(13-6-7-13)28-23(16)22(25-12-26-28)15-4-2-3-5-18(15)27-21/h2-5,8-13,21,27H,6-7H2,1H3. The van der Waals surface area contributed by atoms with E-state index < -0.39 is 0 Å². The molecule has 0 amide bonds. The first-order valence-electron chi connectivity index (χ1n) is 9.80. The van der Waals surface area contributed by atoms with E-state index in [0.29, 0.717) is 5.92 Å². The van der Waals surface area contributed by atoms with E-state index in [4.69, 9.17) is 4.74 Å². The largest absolute Gasteiger partial charge is 0.494 e. The molecule has 5 nitrogen and oxygen atoms in total. The molecule has 144 valence electrons. The van der Waals surface area contributed by atoms with Crippen LogP contribution in [0.25, 0.3) is 16.8 Å². The molecule has 4 aromatic rings. The zero-order chi connectivity index (χ0) is 19.5. The van der Waals surface area contributed by atoms with Crippen LogP contribution in [0, 0.1) is 5.82 Å². The van der Waals surface area contributed by atoms with Crippen molar-refractivity contribution in [3.05, 3.63) is 77.5 Å². The molecular weight excluding hydrogens is 367 g/mol. The van der Waals surface area contributed by atoms with Crippen molar-refractivity contribution >= 4 is 11.2 Å². The van der Waals surface area contributed by atoms with Gasteiger partial charge in [-0.15, -0.1) is 0 Å². The zero-order valence-corrected chi connectivity index (χ0v) is 15.9. The van der Waals surface area contributed by atoms with E-state index >= 15 is 0 Å². The second-order valence-corrected chi connectivity index (χ2v) is 7.68. The van der Waals surface area contributed by atoms with Crippen molar-refractivity contribution in [1.82, 2.24) is 14.6 Å². The molecule has 1 N–H and O–H groups in total. The Bertz CT molecular complexity index is 1260. The van der Waals surface area contributed by atoms with Crippen molar-refractivity contribution in [2.24, 2.45) is 0 Å². The topological polar surface area (TPSA) is 51.5 Å². The quantitative estimate of drug-likeness (QED) is 0.542. The van der Waals surface area contributed by atoms with Crippen molar-refractivity contribution < 1.29 is 9.13 Å². The number of methoxy groups -OCH3 is 1. The van der Waals surface area contributed by atoms with Gasteiger partial charge >= 0.3 is 0 Å². The smallest absolute Gasteiger partial charge is 0.165 e. The fourth-order valence-electron chi connectivity index (χ4n) is 4.36. The van der Waals surface area contributed by atoms with Crippen LogP contribution in [0.2, 0.25) is 0 Å². The van der Waals surface area contributed by atoms with E-state index in [-0.39, 0.29) is 17.6 Å². The summed E-state index contributed by atoms with van der Waals surface area (Å²) in [7, 11) is 1.48. The Morgan fingerprint density at radius 2 is 2.00 bits per heavy atom. The first-order chi connectivity index (χ1) is 14.2. The van der Waals surface area contributed by atoms with Crippen molar-refractivity contribution in [2.75, 3.05) is 12.4 Å². The summed E-state index contributed by atoms with van der Waals surface area (Å²) in [5.41, 5.74) is 7.01. The number of nitrogens with zero attached hydrogens (tertiary/aromatic N) is 3. The Labute approximate surface area is 167 Å². The van der Waals surface area contributed by atoms with E-state index in [2.05, 4.69) is 27.5 Å². The number of fused-ring (bicyclic) bond motifs is 2. The number of ether oxygens (including phenoxy) is 1. The number of para-hydroxylation sites is 1. The molecule has 6 rings (SSSR count).